The molecule has 0 aliphatic rings. The fraction of sp³-hybridized carbons (Fsp3) is 0.118. The van der Waals surface area contributed by atoms with Crippen molar-refractivity contribution in [1.82, 2.24) is 15.6 Å². The van der Waals surface area contributed by atoms with Gasteiger partial charge in [0.25, 0.3) is 5.91 Å². The van der Waals surface area contributed by atoms with Crippen molar-refractivity contribution >= 4 is 17.9 Å². The molecule has 0 spiro atoms. The Hall–Kier alpha value is -3.02. The Morgan fingerprint density at radius 1 is 1.09 bits per heavy atom. The lowest BCUT2D eigenvalue weighted by atomic mass is 10.2. The number of hydrogen-bond donors (Lipinski definition) is 2. The van der Waals surface area contributed by atoms with Gasteiger partial charge in [-0.25, -0.2) is 4.39 Å². The van der Waals surface area contributed by atoms with Crippen LogP contribution in [-0.2, 0) is 4.79 Å². The van der Waals surface area contributed by atoms with Crippen LogP contribution >= 0.6 is 0 Å². The molecule has 1 heterocycles. The van der Waals surface area contributed by atoms with Gasteiger partial charge in [0.2, 0.25) is 5.91 Å². The van der Waals surface area contributed by atoms with Gasteiger partial charge < -0.3 is 10.6 Å². The minimum absolute atomic E-state index is 0.255. The molecule has 1 aromatic heterocycles. The SMILES string of the molecule is O=C(/C=C/c1ccccc1F)NCCNC(=O)c1cccnc1. The topological polar surface area (TPSA) is 71.1 Å². The lowest BCUT2D eigenvalue weighted by molar-refractivity contribution is -0.116. The molecule has 2 rings (SSSR count). The summed E-state index contributed by atoms with van der Waals surface area (Å²) in [6, 6.07) is 9.49. The zero-order valence-electron chi connectivity index (χ0n) is 12.3. The van der Waals surface area contributed by atoms with Crippen LogP contribution in [0.1, 0.15) is 15.9 Å². The van der Waals surface area contributed by atoms with Crippen LogP contribution in [0.3, 0.4) is 0 Å². The quantitative estimate of drug-likeness (QED) is 0.631. The average molecular weight is 313 g/mol. The molecule has 0 radical (unpaired) electrons. The number of rotatable bonds is 6. The number of amides is 2. The second-order valence-electron chi connectivity index (χ2n) is 4.64. The summed E-state index contributed by atoms with van der Waals surface area (Å²) < 4.78 is 13.4. The lowest BCUT2D eigenvalue weighted by Crippen LogP contribution is -2.34. The maximum atomic E-state index is 13.4. The van der Waals surface area contributed by atoms with E-state index in [0.29, 0.717) is 11.1 Å². The van der Waals surface area contributed by atoms with Crippen LogP contribution in [0.25, 0.3) is 6.08 Å². The Kier molecular flexibility index (Phi) is 5.99. The number of hydrogen-bond acceptors (Lipinski definition) is 3. The molecule has 0 aliphatic heterocycles. The van der Waals surface area contributed by atoms with Crippen molar-refractivity contribution in [2.45, 2.75) is 0 Å². The van der Waals surface area contributed by atoms with Crippen molar-refractivity contribution in [2.24, 2.45) is 0 Å². The van der Waals surface area contributed by atoms with E-state index in [-0.39, 0.29) is 30.7 Å². The van der Waals surface area contributed by atoms with Crippen molar-refractivity contribution in [3.63, 3.8) is 0 Å². The van der Waals surface area contributed by atoms with Gasteiger partial charge in [0.05, 0.1) is 5.56 Å². The number of halogens is 1. The monoisotopic (exact) mass is 313 g/mol. The number of pyridine rings is 1. The number of nitrogens with one attached hydrogen (secondary N) is 2. The first-order valence-corrected chi connectivity index (χ1v) is 7.05. The van der Waals surface area contributed by atoms with Crippen molar-refractivity contribution < 1.29 is 14.0 Å². The minimum atomic E-state index is -0.389. The van der Waals surface area contributed by atoms with Gasteiger partial charge in [-0.15, -0.1) is 0 Å². The summed E-state index contributed by atoms with van der Waals surface area (Å²) in [5.41, 5.74) is 0.797. The van der Waals surface area contributed by atoms with Gasteiger partial charge in [-0.05, 0) is 24.3 Å². The first-order chi connectivity index (χ1) is 11.2. The number of aromatic nitrogens is 1. The maximum Gasteiger partial charge on any atom is 0.252 e. The first kappa shape index (κ1) is 16.4. The molecule has 6 heteroatoms. The highest BCUT2D eigenvalue weighted by Crippen LogP contribution is 2.07. The standard InChI is InChI=1S/C17H16FN3O2/c18-15-6-2-1-4-13(15)7-8-16(22)20-10-11-21-17(23)14-5-3-9-19-12-14/h1-9,12H,10-11H2,(H,20,22)(H,21,23)/b8-7+. The number of carbonyl (C=O) groups is 2. The zero-order valence-corrected chi connectivity index (χ0v) is 12.3. The summed E-state index contributed by atoms with van der Waals surface area (Å²) in [7, 11) is 0. The van der Waals surface area contributed by atoms with Gasteiger partial charge in [-0.2, -0.15) is 0 Å². The molecule has 1 aromatic carbocycles. The van der Waals surface area contributed by atoms with E-state index in [0.717, 1.165) is 0 Å². The second kappa shape index (κ2) is 8.43. The third-order valence-electron chi connectivity index (χ3n) is 2.95. The van der Waals surface area contributed by atoms with Crippen LogP contribution in [0.2, 0.25) is 0 Å². The molecule has 0 saturated heterocycles. The fourth-order valence-electron chi connectivity index (χ4n) is 1.80. The number of nitrogens with zero attached hydrogens (tertiary/aromatic N) is 1. The lowest BCUT2D eigenvalue weighted by Gasteiger charge is -2.05. The Morgan fingerprint density at radius 3 is 2.61 bits per heavy atom. The van der Waals surface area contributed by atoms with E-state index >= 15 is 0 Å². The molecule has 23 heavy (non-hydrogen) atoms. The fourth-order valence-corrected chi connectivity index (χ4v) is 1.80. The smallest absolute Gasteiger partial charge is 0.252 e. The molecule has 2 N–H and O–H groups in total. The Balaban J connectivity index is 1.71. The predicted molar refractivity (Wildman–Crippen MR) is 85.0 cm³/mol. The molecular weight excluding hydrogens is 297 g/mol. The highest BCUT2D eigenvalue weighted by molar-refractivity contribution is 5.94. The van der Waals surface area contributed by atoms with Gasteiger partial charge in [0.1, 0.15) is 5.82 Å². The highest BCUT2D eigenvalue weighted by atomic mass is 19.1. The van der Waals surface area contributed by atoms with Crippen molar-refractivity contribution in [3.05, 3.63) is 71.8 Å². The molecule has 0 unspecified atom stereocenters. The maximum absolute atomic E-state index is 13.4. The van der Waals surface area contributed by atoms with E-state index in [1.165, 1.54) is 24.4 Å². The van der Waals surface area contributed by atoms with Crippen LogP contribution < -0.4 is 10.6 Å². The summed E-state index contributed by atoms with van der Waals surface area (Å²) in [6.45, 7) is 0.555. The van der Waals surface area contributed by atoms with Crippen molar-refractivity contribution in [1.29, 1.82) is 0 Å². The van der Waals surface area contributed by atoms with Crippen molar-refractivity contribution in [2.75, 3.05) is 13.1 Å². The van der Waals surface area contributed by atoms with E-state index in [1.807, 2.05) is 0 Å². The average Bonchev–Trinajstić information content (AvgIpc) is 2.58. The number of benzene rings is 1. The Labute approximate surface area is 133 Å². The molecular formula is C17H16FN3O2. The molecule has 0 atom stereocenters. The van der Waals surface area contributed by atoms with Crippen LogP contribution in [0, 0.1) is 5.82 Å². The molecule has 0 fully saturated rings. The Bertz CT molecular complexity index is 702. The minimum Gasteiger partial charge on any atom is -0.351 e. The molecule has 2 amide bonds. The van der Waals surface area contributed by atoms with Gasteiger partial charge in [-0.3, -0.25) is 14.6 Å². The molecule has 5 nitrogen and oxygen atoms in total. The summed E-state index contributed by atoms with van der Waals surface area (Å²) in [5, 5.41) is 5.26. The third-order valence-corrected chi connectivity index (χ3v) is 2.95. The van der Waals surface area contributed by atoms with E-state index in [4.69, 9.17) is 0 Å². The second-order valence-corrected chi connectivity index (χ2v) is 4.64. The van der Waals surface area contributed by atoms with E-state index in [1.54, 1.807) is 36.5 Å². The molecule has 0 bridgehead atoms. The van der Waals surface area contributed by atoms with Gasteiger partial charge >= 0.3 is 0 Å². The summed E-state index contributed by atoms with van der Waals surface area (Å²) in [6.07, 6.45) is 5.70. The molecule has 0 saturated carbocycles. The summed E-state index contributed by atoms with van der Waals surface area (Å²) >= 11 is 0. The normalized spacial score (nSPS) is 10.5. The van der Waals surface area contributed by atoms with Gasteiger partial charge in [0.15, 0.2) is 0 Å². The predicted octanol–water partition coefficient (Wildman–Crippen LogP) is 1.78. The van der Waals surface area contributed by atoms with Gasteiger partial charge in [0, 0.05) is 37.1 Å². The molecule has 2 aromatic rings. The molecule has 0 aliphatic carbocycles. The molecule has 118 valence electrons. The van der Waals surface area contributed by atoms with E-state index < -0.39 is 0 Å². The number of carbonyl (C=O) groups excluding carboxylic acids is 2. The summed E-state index contributed by atoms with van der Waals surface area (Å²) in [5.74, 6) is -1.00. The van der Waals surface area contributed by atoms with Crippen LogP contribution in [0.5, 0.6) is 0 Å². The van der Waals surface area contributed by atoms with E-state index in [9.17, 15) is 14.0 Å². The van der Waals surface area contributed by atoms with Gasteiger partial charge in [-0.1, -0.05) is 18.2 Å². The van der Waals surface area contributed by atoms with Crippen molar-refractivity contribution in [3.8, 4) is 0 Å². The van der Waals surface area contributed by atoms with Crippen LogP contribution in [0.15, 0.2) is 54.9 Å². The third kappa shape index (κ3) is 5.35. The zero-order chi connectivity index (χ0) is 16.5. The van der Waals surface area contributed by atoms with E-state index in [2.05, 4.69) is 15.6 Å². The first-order valence-electron chi connectivity index (χ1n) is 7.05. The largest absolute Gasteiger partial charge is 0.351 e. The Morgan fingerprint density at radius 2 is 1.87 bits per heavy atom. The van der Waals surface area contributed by atoms with Crippen LogP contribution in [-0.4, -0.2) is 29.9 Å². The summed E-state index contributed by atoms with van der Waals surface area (Å²) in [4.78, 5) is 27.2. The highest BCUT2D eigenvalue weighted by Gasteiger charge is 2.04. The van der Waals surface area contributed by atoms with Crippen LogP contribution in [0.4, 0.5) is 4.39 Å².